The summed E-state index contributed by atoms with van der Waals surface area (Å²) in [6, 6.07) is 11.5. The van der Waals surface area contributed by atoms with Gasteiger partial charge in [-0.2, -0.15) is 0 Å². The van der Waals surface area contributed by atoms with Crippen molar-refractivity contribution in [3.05, 3.63) is 59.9 Å². The molecule has 1 aliphatic heterocycles. The zero-order chi connectivity index (χ0) is 22.3. The number of pyridine rings is 1. The molecule has 2 fully saturated rings. The van der Waals surface area contributed by atoms with E-state index in [1.807, 2.05) is 29.2 Å². The van der Waals surface area contributed by atoms with E-state index in [2.05, 4.69) is 27.4 Å². The highest BCUT2D eigenvalue weighted by Gasteiger charge is 2.38. The Kier molecular flexibility index (Phi) is 7.37. The van der Waals surface area contributed by atoms with Gasteiger partial charge in [-0.25, -0.2) is 4.79 Å². The van der Waals surface area contributed by atoms with Gasteiger partial charge in [0.25, 0.3) is 5.91 Å². The van der Waals surface area contributed by atoms with Gasteiger partial charge in [-0.3, -0.25) is 9.78 Å². The minimum Gasteiger partial charge on any atom is -0.348 e. The molecule has 2 aromatic rings. The fraction of sp³-hybridized carbons (Fsp3) is 0.480. The summed E-state index contributed by atoms with van der Waals surface area (Å²) in [5, 5.41) is 5.97. The second-order valence-electron chi connectivity index (χ2n) is 8.73. The summed E-state index contributed by atoms with van der Waals surface area (Å²) in [7, 11) is 0. The lowest BCUT2D eigenvalue weighted by atomic mass is 10.0. The lowest BCUT2D eigenvalue weighted by Gasteiger charge is -2.38. The number of anilines is 1. The number of carbonyl (C=O) groups excluding carboxylic acids is 2. The largest absolute Gasteiger partial charge is 0.348 e. The Labute approximate surface area is 190 Å². The first-order chi connectivity index (χ1) is 15.7. The predicted octanol–water partition coefficient (Wildman–Crippen LogP) is 3.88. The van der Waals surface area contributed by atoms with E-state index in [0.717, 1.165) is 57.3 Å². The van der Waals surface area contributed by atoms with Gasteiger partial charge in [0.1, 0.15) is 0 Å². The number of nitrogens with zero attached hydrogens (tertiary/aromatic N) is 3. The van der Waals surface area contributed by atoms with Gasteiger partial charge < -0.3 is 20.4 Å². The summed E-state index contributed by atoms with van der Waals surface area (Å²) in [6.07, 6.45) is 8.75. The van der Waals surface area contributed by atoms with Gasteiger partial charge in [0.15, 0.2) is 0 Å². The van der Waals surface area contributed by atoms with Crippen molar-refractivity contribution in [2.45, 2.75) is 57.7 Å². The number of para-hydroxylation sites is 1. The molecule has 170 valence electrons. The van der Waals surface area contributed by atoms with Crippen LogP contribution < -0.4 is 10.6 Å². The first kappa shape index (κ1) is 22.3. The topological polar surface area (TPSA) is 77.6 Å². The normalized spacial score (nSPS) is 17.0. The van der Waals surface area contributed by atoms with Crippen molar-refractivity contribution >= 4 is 17.6 Å². The molecule has 2 heterocycles. The Morgan fingerprint density at radius 3 is 2.50 bits per heavy atom. The maximum Gasteiger partial charge on any atom is 0.322 e. The Morgan fingerprint density at radius 2 is 1.81 bits per heavy atom. The van der Waals surface area contributed by atoms with Crippen molar-refractivity contribution in [1.82, 2.24) is 20.1 Å². The first-order valence-electron chi connectivity index (χ1n) is 11.7. The molecular formula is C25H33N5O2. The standard InChI is InChI=1S/C25H33N5O2/c1-2-14-29-15-11-21(12-16-29)30(20-9-10-20)25(32)28-23-8-4-3-7-22(23)24(31)27-18-19-6-5-13-26-17-19/h3-8,13,17,20-21H,2,9-12,14-16,18H2,1H3,(H,27,31)(H,28,32). The smallest absolute Gasteiger partial charge is 0.322 e. The number of likely N-dealkylation sites (tertiary alicyclic amines) is 1. The highest BCUT2D eigenvalue weighted by atomic mass is 16.2. The minimum absolute atomic E-state index is 0.0889. The molecule has 3 amide bonds. The third-order valence-corrected chi connectivity index (χ3v) is 6.25. The number of amides is 3. The molecule has 1 aliphatic carbocycles. The monoisotopic (exact) mass is 435 g/mol. The number of hydrogen-bond acceptors (Lipinski definition) is 4. The van der Waals surface area contributed by atoms with Gasteiger partial charge in [-0.05, 0) is 62.4 Å². The van der Waals surface area contributed by atoms with Gasteiger partial charge in [0.2, 0.25) is 0 Å². The van der Waals surface area contributed by atoms with Crippen LogP contribution in [-0.2, 0) is 6.54 Å². The fourth-order valence-electron chi connectivity index (χ4n) is 4.47. The predicted molar refractivity (Wildman–Crippen MR) is 125 cm³/mol. The van der Waals surface area contributed by atoms with E-state index in [4.69, 9.17) is 0 Å². The van der Waals surface area contributed by atoms with E-state index in [1.54, 1.807) is 24.5 Å². The molecule has 0 unspecified atom stereocenters. The summed E-state index contributed by atoms with van der Waals surface area (Å²) in [5.41, 5.74) is 1.95. The van der Waals surface area contributed by atoms with Crippen molar-refractivity contribution in [2.24, 2.45) is 0 Å². The number of urea groups is 1. The average Bonchev–Trinajstić information content (AvgIpc) is 3.65. The average molecular weight is 436 g/mol. The van der Waals surface area contributed by atoms with Crippen molar-refractivity contribution in [3.8, 4) is 0 Å². The van der Waals surface area contributed by atoms with E-state index < -0.39 is 0 Å². The van der Waals surface area contributed by atoms with Crippen LogP contribution in [0.5, 0.6) is 0 Å². The molecule has 1 saturated carbocycles. The highest BCUT2D eigenvalue weighted by molar-refractivity contribution is 6.03. The first-order valence-corrected chi connectivity index (χ1v) is 11.7. The summed E-state index contributed by atoms with van der Waals surface area (Å²) in [4.78, 5) is 34.8. The third-order valence-electron chi connectivity index (χ3n) is 6.25. The lowest BCUT2D eigenvalue weighted by molar-refractivity contribution is 0.0951. The van der Waals surface area contributed by atoms with Gasteiger partial charge >= 0.3 is 6.03 Å². The minimum atomic E-state index is -0.212. The van der Waals surface area contributed by atoms with Crippen molar-refractivity contribution in [2.75, 3.05) is 25.0 Å². The Bertz CT molecular complexity index is 908. The van der Waals surface area contributed by atoms with E-state index in [1.165, 1.54) is 0 Å². The van der Waals surface area contributed by atoms with Gasteiger partial charge in [-0.1, -0.05) is 25.1 Å². The zero-order valence-electron chi connectivity index (χ0n) is 18.8. The Balaban J connectivity index is 1.40. The molecule has 7 heteroatoms. The maximum absolute atomic E-state index is 13.3. The lowest BCUT2D eigenvalue weighted by Crippen LogP contribution is -2.50. The Hall–Kier alpha value is -2.93. The summed E-state index contributed by atoms with van der Waals surface area (Å²) < 4.78 is 0. The highest BCUT2D eigenvalue weighted by Crippen LogP contribution is 2.33. The fourth-order valence-corrected chi connectivity index (χ4v) is 4.47. The molecule has 2 aliphatic rings. The van der Waals surface area contributed by atoms with Crippen LogP contribution in [0.25, 0.3) is 0 Å². The number of rotatable bonds is 8. The van der Waals surface area contributed by atoms with E-state index in [0.29, 0.717) is 23.8 Å². The van der Waals surface area contributed by atoms with Crippen molar-refractivity contribution in [3.63, 3.8) is 0 Å². The molecule has 0 radical (unpaired) electrons. The molecule has 7 nitrogen and oxygen atoms in total. The van der Waals surface area contributed by atoms with Crippen molar-refractivity contribution < 1.29 is 9.59 Å². The van der Waals surface area contributed by atoms with E-state index >= 15 is 0 Å². The molecule has 0 bridgehead atoms. The Morgan fingerprint density at radius 1 is 1.06 bits per heavy atom. The SMILES string of the molecule is CCCN1CCC(N(C(=O)Nc2ccccc2C(=O)NCc2cccnc2)C2CC2)CC1. The molecule has 1 aromatic carbocycles. The van der Waals surface area contributed by atoms with Gasteiger partial charge in [0.05, 0.1) is 11.3 Å². The number of carbonyl (C=O) groups is 2. The van der Waals surface area contributed by atoms with Crippen LogP contribution in [0.3, 0.4) is 0 Å². The molecule has 2 N–H and O–H groups in total. The molecule has 1 saturated heterocycles. The number of nitrogens with one attached hydrogen (secondary N) is 2. The molecular weight excluding hydrogens is 402 g/mol. The molecule has 32 heavy (non-hydrogen) atoms. The van der Waals surface area contributed by atoms with Gasteiger partial charge in [-0.15, -0.1) is 0 Å². The number of piperidine rings is 1. The number of aromatic nitrogens is 1. The summed E-state index contributed by atoms with van der Waals surface area (Å²) in [6.45, 7) is 5.81. The van der Waals surface area contributed by atoms with E-state index in [9.17, 15) is 9.59 Å². The molecule has 4 rings (SSSR count). The zero-order valence-corrected chi connectivity index (χ0v) is 18.8. The number of hydrogen-bond donors (Lipinski definition) is 2. The summed E-state index contributed by atoms with van der Waals surface area (Å²) >= 11 is 0. The van der Waals surface area contributed by atoms with Crippen LogP contribution in [0.1, 0.15) is 54.9 Å². The van der Waals surface area contributed by atoms with Gasteiger partial charge in [0, 0.05) is 44.1 Å². The van der Waals surface area contributed by atoms with Crippen LogP contribution in [-0.4, -0.2) is 58.4 Å². The second kappa shape index (κ2) is 10.6. The number of benzene rings is 1. The second-order valence-corrected chi connectivity index (χ2v) is 8.73. The molecule has 0 spiro atoms. The molecule has 1 aromatic heterocycles. The van der Waals surface area contributed by atoms with Crippen LogP contribution in [0.4, 0.5) is 10.5 Å². The maximum atomic E-state index is 13.3. The third kappa shape index (κ3) is 5.65. The summed E-state index contributed by atoms with van der Waals surface area (Å²) in [5.74, 6) is -0.212. The van der Waals surface area contributed by atoms with Crippen LogP contribution in [0.15, 0.2) is 48.8 Å². The van der Waals surface area contributed by atoms with E-state index in [-0.39, 0.29) is 18.0 Å². The van der Waals surface area contributed by atoms with Crippen LogP contribution in [0.2, 0.25) is 0 Å². The van der Waals surface area contributed by atoms with Crippen LogP contribution in [0, 0.1) is 0 Å². The van der Waals surface area contributed by atoms with Crippen LogP contribution >= 0.6 is 0 Å². The quantitative estimate of drug-likeness (QED) is 0.660. The molecule has 0 atom stereocenters. The van der Waals surface area contributed by atoms with Crippen molar-refractivity contribution in [1.29, 1.82) is 0 Å².